The molecule has 0 saturated heterocycles. The van der Waals surface area contributed by atoms with Gasteiger partial charge >= 0.3 is 6.03 Å². The highest BCUT2D eigenvalue weighted by molar-refractivity contribution is 5.74. The molecule has 2 fully saturated rings. The number of hydrogen-bond acceptors (Lipinski definition) is 1. The second-order valence-corrected chi connectivity index (χ2v) is 6.35. The number of carbonyl (C=O) groups is 1. The third kappa shape index (κ3) is 3.63. The van der Waals surface area contributed by atoms with E-state index < -0.39 is 0 Å². The molecule has 2 saturated carbocycles. The van der Waals surface area contributed by atoms with Crippen molar-refractivity contribution < 1.29 is 4.79 Å². The molecule has 2 N–H and O–H groups in total. The molecule has 0 spiro atoms. The normalized spacial score (nSPS) is 37.0. The SMILES string of the molecule is CC1CCCCC1NC(=O)NC1CCCCC1C. The average Bonchev–Trinajstić information content (AvgIpc) is 2.35. The van der Waals surface area contributed by atoms with Crippen molar-refractivity contribution in [2.45, 2.75) is 77.3 Å². The number of urea groups is 1. The Hall–Kier alpha value is -0.730. The molecular formula is C15H28N2O. The summed E-state index contributed by atoms with van der Waals surface area (Å²) < 4.78 is 0. The van der Waals surface area contributed by atoms with E-state index in [1.807, 2.05) is 0 Å². The molecule has 0 aromatic rings. The topological polar surface area (TPSA) is 41.1 Å². The van der Waals surface area contributed by atoms with E-state index in [-0.39, 0.29) is 6.03 Å². The first-order chi connectivity index (χ1) is 8.66. The molecule has 3 nitrogen and oxygen atoms in total. The standard InChI is InChI=1S/C15H28N2O/c1-11-7-3-5-9-13(11)16-15(18)17-14-10-6-4-8-12(14)2/h11-14H,3-10H2,1-2H3,(H2,16,17,18). The molecule has 4 unspecified atom stereocenters. The molecule has 0 bridgehead atoms. The molecule has 2 aliphatic rings. The van der Waals surface area contributed by atoms with Crippen LogP contribution in [-0.4, -0.2) is 18.1 Å². The minimum atomic E-state index is 0.0625. The van der Waals surface area contributed by atoms with Gasteiger partial charge in [-0.3, -0.25) is 0 Å². The average molecular weight is 252 g/mol. The largest absolute Gasteiger partial charge is 0.335 e. The molecule has 0 aromatic carbocycles. The molecular weight excluding hydrogens is 224 g/mol. The number of amides is 2. The van der Waals surface area contributed by atoms with Gasteiger partial charge < -0.3 is 10.6 Å². The van der Waals surface area contributed by atoms with Gasteiger partial charge in [-0.2, -0.15) is 0 Å². The highest BCUT2D eigenvalue weighted by Gasteiger charge is 2.26. The van der Waals surface area contributed by atoms with Gasteiger partial charge in [-0.15, -0.1) is 0 Å². The Morgan fingerprint density at radius 1 is 0.778 bits per heavy atom. The van der Waals surface area contributed by atoms with E-state index in [1.54, 1.807) is 0 Å². The van der Waals surface area contributed by atoms with Crippen molar-refractivity contribution in [2.75, 3.05) is 0 Å². The van der Waals surface area contributed by atoms with E-state index in [4.69, 9.17) is 0 Å². The van der Waals surface area contributed by atoms with Crippen molar-refractivity contribution in [2.24, 2.45) is 11.8 Å². The van der Waals surface area contributed by atoms with Crippen LogP contribution in [0.25, 0.3) is 0 Å². The molecule has 18 heavy (non-hydrogen) atoms. The number of rotatable bonds is 2. The summed E-state index contributed by atoms with van der Waals surface area (Å²) >= 11 is 0. The predicted octanol–water partition coefficient (Wildman–Crippen LogP) is 3.44. The van der Waals surface area contributed by atoms with Crippen LogP contribution >= 0.6 is 0 Å². The zero-order valence-electron chi connectivity index (χ0n) is 11.9. The van der Waals surface area contributed by atoms with Gasteiger partial charge in [0.05, 0.1) is 0 Å². The van der Waals surface area contributed by atoms with Gasteiger partial charge in [0.15, 0.2) is 0 Å². The summed E-state index contributed by atoms with van der Waals surface area (Å²) in [6.07, 6.45) is 9.96. The zero-order valence-corrected chi connectivity index (χ0v) is 11.9. The van der Waals surface area contributed by atoms with Crippen LogP contribution in [0.4, 0.5) is 4.79 Å². The van der Waals surface area contributed by atoms with Crippen molar-refractivity contribution in [1.82, 2.24) is 10.6 Å². The maximum absolute atomic E-state index is 12.0. The fraction of sp³-hybridized carbons (Fsp3) is 0.933. The highest BCUT2D eigenvalue weighted by atomic mass is 16.2. The Morgan fingerprint density at radius 3 is 1.56 bits per heavy atom. The van der Waals surface area contributed by atoms with Crippen molar-refractivity contribution in [3.63, 3.8) is 0 Å². The van der Waals surface area contributed by atoms with Crippen LogP contribution < -0.4 is 10.6 Å². The highest BCUT2D eigenvalue weighted by Crippen LogP contribution is 2.25. The summed E-state index contributed by atoms with van der Waals surface area (Å²) in [5.74, 6) is 1.27. The fourth-order valence-electron chi connectivity index (χ4n) is 3.44. The van der Waals surface area contributed by atoms with Crippen molar-refractivity contribution in [1.29, 1.82) is 0 Å². The van der Waals surface area contributed by atoms with Crippen LogP contribution in [0, 0.1) is 11.8 Å². The van der Waals surface area contributed by atoms with Gasteiger partial charge in [-0.1, -0.05) is 39.5 Å². The Kier molecular flexibility index (Phi) is 4.90. The van der Waals surface area contributed by atoms with Gasteiger partial charge in [-0.05, 0) is 37.5 Å². The monoisotopic (exact) mass is 252 g/mol. The third-order valence-corrected chi connectivity index (χ3v) is 4.86. The quantitative estimate of drug-likeness (QED) is 0.776. The summed E-state index contributed by atoms with van der Waals surface area (Å²) in [7, 11) is 0. The van der Waals surface area contributed by atoms with Gasteiger partial charge in [0, 0.05) is 12.1 Å². The second kappa shape index (κ2) is 6.44. The summed E-state index contributed by atoms with van der Waals surface area (Å²) in [5, 5.41) is 6.37. The molecule has 104 valence electrons. The number of carbonyl (C=O) groups excluding carboxylic acids is 1. The molecule has 2 amide bonds. The van der Waals surface area contributed by atoms with Crippen LogP contribution in [0.3, 0.4) is 0 Å². The maximum atomic E-state index is 12.0. The number of hydrogen-bond donors (Lipinski definition) is 2. The smallest absolute Gasteiger partial charge is 0.315 e. The lowest BCUT2D eigenvalue weighted by Crippen LogP contribution is -2.51. The molecule has 0 radical (unpaired) electrons. The minimum Gasteiger partial charge on any atom is -0.335 e. The molecule has 2 rings (SSSR count). The predicted molar refractivity (Wildman–Crippen MR) is 74.5 cm³/mol. The lowest BCUT2D eigenvalue weighted by Gasteiger charge is -2.33. The van der Waals surface area contributed by atoms with Crippen LogP contribution in [0.1, 0.15) is 65.2 Å². The lowest BCUT2D eigenvalue weighted by molar-refractivity contribution is 0.206. The van der Waals surface area contributed by atoms with Gasteiger partial charge in [0.2, 0.25) is 0 Å². The molecule has 4 atom stereocenters. The first kappa shape index (κ1) is 13.7. The first-order valence-corrected chi connectivity index (χ1v) is 7.74. The van der Waals surface area contributed by atoms with Gasteiger partial charge in [-0.25, -0.2) is 4.79 Å². The third-order valence-electron chi connectivity index (χ3n) is 4.86. The fourth-order valence-corrected chi connectivity index (χ4v) is 3.44. The van der Waals surface area contributed by atoms with Crippen molar-refractivity contribution >= 4 is 6.03 Å². The molecule has 3 heteroatoms. The van der Waals surface area contributed by atoms with Crippen LogP contribution in [0.2, 0.25) is 0 Å². The van der Waals surface area contributed by atoms with E-state index in [2.05, 4.69) is 24.5 Å². The first-order valence-electron chi connectivity index (χ1n) is 7.74. The Labute approximate surface area is 111 Å². The van der Waals surface area contributed by atoms with Crippen molar-refractivity contribution in [3.05, 3.63) is 0 Å². The Morgan fingerprint density at radius 2 is 1.17 bits per heavy atom. The van der Waals surface area contributed by atoms with E-state index in [0.29, 0.717) is 23.9 Å². The minimum absolute atomic E-state index is 0.0625. The maximum Gasteiger partial charge on any atom is 0.315 e. The van der Waals surface area contributed by atoms with E-state index >= 15 is 0 Å². The van der Waals surface area contributed by atoms with Gasteiger partial charge in [0.1, 0.15) is 0 Å². The molecule has 2 aliphatic carbocycles. The zero-order chi connectivity index (χ0) is 13.0. The van der Waals surface area contributed by atoms with E-state index in [9.17, 15) is 4.79 Å². The summed E-state index contributed by atoms with van der Waals surface area (Å²) in [5.41, 5.74) is 0. The summed E-state index contributed by atoms with van der Waals surface area (Å²) in [4.78, 5) is 12.0. The van der Waals surface area contributed by atoms with E-state index in [0.717, 1.165) is 12.8 Å². The summed E-state index contributed by atoms with van der Waals surface area (Å²) in [6.45, 7) is 4.51. The molecule has 0 aromatic heterocycles. The molecule has 0 aliphatic heterocycles. The van der Waals surface area contributed by atoms with E-state index in [1.165, 1.54) is 38.5 Å². The second-order valence-electron chi connectivity index (χ2n) is 6.35. The Balaban J connectivity index is 1.77. The number of nitrogens with one attached hydrogen (secondary N) is 2. The lowest BCUT2D eigenvalue weighted by atomic mass is 9.85. The van der Waals surface area contributed by atoms with Crippen molar-refractivity contribution in [3.8, 4) is 0 Å². The van der Waals surface area contributed by atoms with Crippen LogP contribution in [0.15, 0.2) is 0 Å². The summed E-state index contributed by atoms with van der Waals surface area (Å²) in [6, 6.07) is 0.836. The van der Waals surface area contributed by atoms with Crippen LogP contribution in [0.5, 0.6) is 0 Å². The van der Waals surface area contributed by atoms with Crippen LogP contribution in [-0.2, 0) is 0 Å². The molecule has 0 heterocycles. The van der Waals surface area contributed by atoms with Gasteiger partial charge in [0.25, 0.3) is 0 Å². The Bertz CT molecular complexity index is 254.